The molecule has 1 aromatic carbocycles. The molecule has 0 saturated carbocycles. The molecule has 4 heteroatoms. The minimum Gasteiger partial charge on any atom is -0.380 e. The zero-order valence-corrected chi connectivity index (χ0v) is 11.4. The average molecular weight is 258 g/mol. The van der Waals surface area contributed by atoms with Gasteiger partial charge in [-0.3, -0.25) is 0 Å². The van der Waals surface area contributed by atoms with Gasteiger partial charge >= 0.3 is 0 Å². The number of benzene rings is 1. The first-order valence-electron chi connectivity index (χ1n) is 5.90. The standard InChI is InChI=1S/C13H20ClNO2/c1-4-16-13(17-5-2)9-15-11-7-6-10(3)12(14)8-11/h6-8,13,15H,4-5,9H2,1-3H3. The van der Waals surface area contributed by atoms with Crippen LogP contribution in [0.5, 0.6) is 0 Å². The van der Waals surface area contributed by atoms with E-state index < -0.39 is 0 Å². The summed E-state index contributed by atoms with van der Waals surface area (Å²) < 4.78 is 10.9. The fraction of sp³-hybridized carbons (Fsp3) is 0.538. The Bertz CT molecular complexity index is 338. The van der Waals surface area contributed by atoms with E-state index in [1.54, 1.807) is 0 Å². The van der Waals surface area contributed by atoms with E-state index in [2.05, 4.69) is 5.32 Å². The summed E-state index contributed by atoms with van der Waals surface area (Å²) in [6, 6.07) is 5.89. The summed E-state index contributed by atoms with van der Waals surface area (Å²) in [4.78, 5) is 0. The summed E-state index contributed by atoms with van der Waals surface area (Å²) in [5, 5.41) is 4.01. The first kappa shape index (κ1) is 14.3. The number of hydrogen-bond donors (Lipinski definition) is 1. The van der Waals surface area contributed by atoms with Crippen LogP contribution < -0.4 is 5.32 Å². The van der Waals surface area contributed by atoms with Crippen LogP contribution in [0.4, 0.5) is 5.69 Å². The average Bonchev–Trinajstić information content (AvgIpc) is 2.31. The third kappa shape index (κ3) is 4.94. The highest BCUT2D eigenvalue weighted by atomic mass is 35.5. The predicted octanol–water partition coefficient (Wildman–Crippen LogP) is 3.46. The smallest absolute Gasteiger partial charge is 0.174 e. The second-order valence-corrected chi connectivity index (χ2v) is 4.09. The monoisotopic (exact) mass is 257 g/mol. The van der Waals surface area contributed by atoms with Crippen molar-refractivity contribution >= 4 is 17.3 Å². The minimum atomic E-state index is -0.218. The lowest BCUT2D eigenvalue weighted by molar-refractivity contribution is -0.126. The van der Waals surface area contributed by atoms with Crippen molar-refractivity contribution in [3.05, 3.63) is 28.8 Å². The van der Waals surface area contributed by atoms with Crippen LogP contribution in [-0.2, 0) is 9.47 Å². The quantitative estimate of drug-likeness (QED) is 0.759. The molecule has 0 saturated heterocycles. The summed E-state index contributed by atoms with van der Waals surface area (Å²) >= 11 is 6.05. The highest BCUT2D eigenvalue weighted by molar-refractivity contribution is 6.31. The van der Waals surface area contributed by atoms with Crippen LogP contribution in [0.3, 0.4) is 0 Å². The van der Waals surface area contributed by atoms with Crippen LogP contribution in [0.1, 0.15) is 19.4 Å². The molecule has 0 radical (unpaired) electrons. The predicted molar refractivity (Wildman–Crippen MR) is 71.7 cm³/mol. The SMILES string of the molecule is CCOC(CNc1ccc(C)c(Cl)c1)OCC. The van der Waals surface area contributed by atoms with E-state index in [9.17, 15) is 0 Å². The number of ether oxygens (including phenoxy) is 2. The molecular weight excluding hydrogens is 238 g/mol. The highest BCUT2D eigenvalue weighted by Crippen LogP contribution is 2.19. The summed E-state index contributed by atoms with van der Waals surface area (Å²) in [5.41, 5.74) is 2.05. The van der Waals surface area contributed by atoms with Gasteiger partial charge in [-0.15, -0.1) is 0 Å². The van der Waals surface area contributed by atoms with Gasteiger partial charge in [-0.1, -0.05) is 17.7 Å². The van der Waals surface area contributed by atoms with E-state index >= 15 is 0 Å². The zero-order chi connectivity index (χ0) is 12.7. The lowest BCUT2D eigenvalue weighted by Crippen LogP contribution is -2.26. The molecule has 0 atom stereocenters. The Morgan fingerprint density at radius 1 is 1.24 bits per heavy atom. The third-order valence-corrected chi connectivity index (χ3v) is 2.76. The fourth-order valence-corrected chi connectivity index (χ4v) is 1.62. The minimum absolute atomic E-state index is 0.218. The second-order valence-electron chi connectivity index (χ2n) is 3.69. The van der Waals surface area contributed by atoms with E-state index in [0.717, 1.165) is 16.3 Å². The highest BCUT2D eigenvalue weighted by Gasteiger charge is 2.07. The number of anilines is 1. The summed E-state index contributed by atoms with van der Waals surface area (Å²) in [6.07, 6.45) is -0.218. The molecule has 0 aliphatic rings. The number of nitrogens with one attached hydrogen (secondary N) is 1. The van der Waals surface area contributed by atoms with Crippen LogP contribution in [0, 0.1) is 6.92 Å². The van der Waals surface area contributed by atoms with Crippen LogP contribution >= 0.6 is 11.6 Å². The van der Waals surface area contributed by atoms with E-state index in [0.29, 0.717) is 19.8 Å². The summed E-state index contributed by atoms with van der Waals surface area (Å²) in [7, 11) is 0. The van der Waals surface area contributed by atoms with Crippen LogP contribution in [0.2, 0.25) is 5.02 Å². The number of rotatable bonds is 7. The molecule has 0 aliphatic carbocycles. The van der Waals surface area contributed by atoms with Crippen molar-refractivity contribution in [3.8, 4) is 0 Å². The van der Waals surface area contributed by atoms with Crippen molar-refractivity contribution < 1.29 is 9.47 Å². The first-order chi connectivity index (χ1) is 8.17. The Balaban J connectivity index is 2.49. The maximum absolute atomic E-state index is 6.05. The fourth-order valence-electron chi connectivity index (χ4n) is 1.44. The van der Waals surface area contributed by atoms with E-state index in [4.69, 9.17) is 21.1 Å². The molecule has 0 aliphatic heterocycles. The summed E-state index contributed by atoms with van der Waals surface area (Å²) in [6.45, 7) is 7.78. The molecule has 1 N–H and O–H groups in total. The Hall–Kier alpha value is -0.770. The molecule has 17 heavy (non-hydrogen) atoms. The van der Waals surface area contributed by atoms with Gasteiger partial charge in [0.15, 0.2) is 6.29 Å². The van der Waals surface area contributed by atoms with Gasteiger partial charge in [-0.25, -0.2) is 0 Å². The van der Waals surface area contributed by atoms with Crippen molar-refractivity contribution in [1.29, 1.82) is 0 Å². The summed E-state index contributed by atoms with van der Waals surface area (Å²) in [5.74, 6) is 0. The van der Waals surface area contributed by atoms with Crippen molar-refractivity contribution in [1.82, 2.24) is 0 Å². The Kier molecular flexibility index (Phi) is 6.34. The Labute approximate surface area is 108 Å². The number of hydrogen-bond acceptors (Lipinski definition) is 3. The molecule has 0 fully saturated rings. The van der Waals surface area contributed by atoms with E-state index in [1.165, 1.54) is 0 Å². The topological polar surface area (TPSA) is 30.5 Å². The largest absolute Gasteiger partial charge is 0.380 e. The van der Waals surface area contributed by atoms with Gasteiger partial charge in [-0.2, -0.15) is 0 Å². The number of aryl methyl sites for hydroxylation is 1. The van der Waals surface area contributed by atoms with E-state index in [-0.39, 0.29) is 6.29 Å². The number of halogens is 1. The van der Waals surface area contributed by atoms with Crippen molar-refractivity contribution in [2.75, 3.05) is 25.1 Å². The lowest BCUT2D eigenvalue weighted by Gasteiger charge is -2.18. The molecule has 0 amide bonds. The van der Waals surface area contributed by atoms with Gasteiger partial charge in [0, 0.05) is 23.9 Å². The molecular formula is C13H20ClNO2. The Morgan fingerprint density at radius 3 is 2.41 bits per heavy atom. The van der Waals surface area contributed by atoms with Crippen molar-refractivity contribution in [2.24, 2.45) is 0 Å². The normalized spacial score (nSPS) is 10.9. The van der Waals surface area contributed by atoms with Gasteiger partial charge in [0.05, 0.1) is 6.54 Å². The second kappa shape index (κ2) is 7.54. The van der Waals surface area contributed by atoms with Gasteiger partial charge in [-0.05, 0) is 38.5 Å². The molecule has 1 rings (SSSR count). The van der Waals surface area contributed by atoms with Crippen LogP contribution in [0.15, 0.2) is 18.2 Å². The zero-order valence-electron chi connectivity index (χ0n) is 10.6. The molecule has 1 aromatic rings. The molecule has 0 bridgehead atoms. The van der Waals surface area contributed by atoms with Crippen LogP contribution in [-0.4, -0.2) is 26.0 Å². The Morgan fingerprint density at radius 2 is 1.88 bits per heavy atom. The van der Waals surface area contributed by atoms with Gasteiger partial charge < -0.3 is 14.8 Å². The first-order valence-corrected chi connectivity index (χ1v) is 6.28. The van der Waals surface area contributed by atoms with Crippen LogP contribution in [0.25, 0.3) is 0 Å². The van der Waals surface area contributed by atoms with Crippen molar-refractivity contribution in [3.63, 3.8) is 0 Å². The van der Waals surface area contributed by atoms with Crippen molar-refractivity contribution in [2.45, 2.75) is 27.1 Å². The maximum Gasteiger partial charge on any atom is 0.174 e. The molecule has 0 spiro atoms. The molecule has 0 heterocycles. The van der Waals surface area contributed by atoms with Gasteiger partial charge in [0.25, 0.3) is 0 Å². The van der Waals surface area contributed by atoms with Gasteiger partial charge in [0.1, 0.15) is 0 Å². The molecule has 3 nitrogen and oxygen atoms in total. The van der Waals surface area contributed by atoms with E-state index in [1.807, 2.05) is 39.0 Å². The molecule has 96 valence electrons. The molecule has 0 aromatic heterocycles. The molecule has 0 unspecified atom stereocenters. The maximum atomic E-state index is 6.05. The lowest BCUT2D eigenvalue weighted by atomic mass is 10.2. The third-order valence-electron chi connectivity index (χ3n) is 2.35. The van der Waals surface area contributed by atoms with Gasteiger partial charge in [0.2, 0.25) is 0 Å².